The molecule has 18 heavy (non-hydrogen) atoms. The van der Waals surface area contributed by atoms with Crippen molar-refractivity contribution in [3.05, 3.63) is 0 Å². The number of ether oxygens (including phenoxy) is 4. The van der Waals surface area contributed by atoms with Crippen LogP contribution in [0.4, 0.5) is 4.39 Å². The lowest BCUT2D eigenvalue weighted by Gasteiger charge is -2.23. The summed E-state index contributed by atoms with van der Waals surface area (Å²) in [7, 11) is -0.366. The first-order valence-corrected chi connectivity index (χ1v) is 7.69. The molecule has 2 heterocycles. The van der Waals surface area contributed by atoms with Crippen LogP contribution in [0.2, 0.25) is 0 Å². The molecule has 0 saturated carbocycles. The summed E-state index contributed by atoms with van der Waals surface area (Å²) in [6.07, 6.45) is -1.76. The fraction of sp³-hybridized carbons (Fsp3) is 1.00. The minimum absolute atomic E-state index is 0.0339. The Bertz CT molecular complexity index is 337. The van der Waals surface area contributed by atoms with Gasteiger partial charge in [0.25, 0.3) is 5.91 Å². The molecule has 0 radical (unpaired) electrons. The van der Waals surface area contributed by atoms with E-state index in [1.165, 1.54) is 13.8 Å². The van der Waals surface area contributed by atoms with E-state index in [0.29, 0.717) is 0 Å². The van der Waals surface area contributed by atoms with Crippen molar-refractivity contribution < 1.29 is 27.9 Å². The average molecular weight is 281 g/mol. The monoisotopic (exact) mass is 281 g/mol. The Hall–Kier alpha value is -0.130. The number of rotatable bonds is 4. The van der Waals surface area contributed by atoms with Gasteiger partial charge in [-0.2, -0.15) is 4.39 Å². The van der Waals surface area contributed by atoms with E-state index in [9.17, 15) is 8.96 Å². The van der Waals surface area contributed by atoms with E-state index in [1.807, 2.05) is 0 Å². The minimum Gasteiger partial charge on any atom is -0.353 e. The van der Waals surface area contributed by atoms with Crippen molar-refractivity contribution in [3.63, 3.8) is 0 Å². The predicted molar refractivity (Wildman–Crippen MR) is 62.5 cm³/mol. The Morgan fingerprint density at radius 1 is 1.39 bits per heavy atom. The van der Waals surface area contributed by atoms with Gasteiger partial charge in [0.15, 0.2) is 12.1 Å². The van der Waals surface area contributed by atoms with E-state index >= 15 is 0 Å². The SMILES string of the molecule is CO[C@@H]1O[C@H](CC(F)[P+](C)=O)[C@H]2OC(C)(C)O[C@@H]12. The molecular weight excluding hydrogens is 262 g/mol. The van der Waals surface area contributed by atoms with E-state index in [0.717, 1.165) is 0 Å². The summed E-state index contributed by atoms with van der Waals surface area (Å²) in [5.74, 6) is -2.12. The van der Waals surface area contributed by atoms with Crippen molar-refractivity contribution in [3.8, 4) is 0 Å². The molecule has 2 rings (SSSR count). The maximum Gasteiger partial charge on any atom is 0.371 e. The van der Waals surface area contributed by atoms with Gasteiger partial charge in [0.2, 0.25) is 0 Å². The van der Waals surface area contributed by atoms with Crippen LogP contribution >= 0.6 is 7.80 Å². The molecule has 2 fully saturated rings. The number of hydrogen-bond donors (Lipinski definition) is 0. The third-order valence-electron chi connectivity index (χ3n) is 3.16. The highest BCUT2D eigenvalue weighted by molar-refractivity contribution is 7.44. The molecule has 7 heteroatoms. The largest absolute Gasteiger partial charge is 0.371 e. The zero-order valence-electron chi connectivity index (χ0n) is 11.0. The Morgan fingerprint density at radius 3 is 2.56 bits per heavy atom. The predicted octanol–water partition coefficient (Wildman–Crippen LogP) is 2.02. The number of methoxy groups -OCH3 is 1. The van der Waals surface area contributed by atoms with Crippen LogP contribution in [0.3, 0.4) is 0 Å². The van der Waals surface area contributed by atoms with Gasteiger partial charge in [0.1, 0.15) is 18.9 Å². The number of hydrogen-bond acceptors (Lipinski definition) is 5. The molecule has 0 aliphatic carbocycles. The van der Waals surface area contributed by atoms with E-state index in [1.54, 1.807) is 13.8 Å². The van der Waals surface area contributed by atoms with Crippen molar-refractivity contribution in [2.75, 3.05) is 13.8 Å². The third kappa shape index (κ3) is 2.73. The smallest absolute Gasteiger partial charge is 0.353 e. The van der Waals surface area contributed by atoms with Gasteiger partial charge in [-0.25, -0.2) is 0 Å². The lowest BCUT2D eigenvalue weighted by atomic mass is 10.1. The second-order valence-electron chi connectivity index (χ2n) is 5.06. The summed E-state index contributed by atoms with van der Waals surface area (Å²) in [6, 6.07) is 0. The molecule has 0 aromatic rings. The van der Waals surface area contributed by atoms with Crippen LogP contribution < -0.4 is 0 Å². The van der Waals surface area contributed by atoms with Crippen LogP contribution in [0.1, 0.15) is 20.3 Å². The van der Waals surface area contributed by atoms with Gasteiger partial charge in [-0.15, -0.1) is 0 Å². The summed E-state index contributed by atoms with van der Waals surface area (Å²) in [5.41, 5.74) is 0. The second-order valence-corrected chi connectivity index (χ2v) is 6.71. The van der Waals surface area contributed by atoms with E-state index < -0.39 is 31.9 Å². The molecule has 2 unspecified atom stereocenters. The molecule has 2 saturated heterocycles. The van der Waals surface area contributed by atoms with E-state index in [-0.39, 0.29) is 18.6 Å². The second kappa shape index (κ2) is 5.10. The first kappa shape index (κ1) is 14.3. The van der Waals surface area contributed by atoms with Crippen LogP contribution in [-0.2, 0) is 23.5 Å². The van der Waals surface area contributed by atoms with Gasteiger partial charge in [0, 0.05) is 7.11 Å². The quantitative estimate of drug-likeness (QED) is 0.738. The van der Waals surface area contributed by atoms with Crippen LogP contribution in [-0.4, -0.2) is 50.1 Å². The molecule has 5 nitrogen and oxygen atoms in total. The first-order valence-electron chi connectivity index (χ1n) is 5.92. The highest BCUT2D eigenvalue weighted by Crippen LogP contribution is 2.42. The van der Waals surface area contributed by atoms with Gasteiger partial charge in [-0.05, 0) is 13.8 Å². The molecule has 2 aliphatic heterocycles. The van der Waals surface area contributed by atoms with E-state index in [2.05, 4.69) is 0 Å². The fourth-order valence-electron chi connectivity index (χ4n) is 2.36. The molecule has 0 spiro atoms. The molecule has 104 valence electrons. The van der Waals surface area contributed by atoms with Crippen molar-refractivity contribution in [1.82, 2.24) is 0 Å². The summed E-state index contributed by atoms with van der Waals surface area (Å²) in [5, 5.41) is 0. The highest BCUT2D eigenvalue weighted by Gasteiger charge is 2.56. The zero-order valence-corrected chi connectivity index (χ0v) is 11.9. The average Bonchev–Trinajstić information content (AvgIpc) is 2.73. The fourth-order valence-corrected chi connectivity index (χ4v) is 2.87. The van der Waals surface area contributed by atoms with Gasteiger partial charge < -0.3 is 18.9 Å². The van der Waals surface area contributed by atoms with Crippen LogP contribution in [0.15, 0.2) is 0 Å². The lowest BCUT2D eigenvalue weighted by molar-refractivity contribution is -0.228. The van der Waals surface area contributed by atoms with Crippen LogP contribution in [0.25, 0.3) is 0 Å². The maximum atomic E-state index is 13.6. The first-order chi connectivity index (χ1) is 8.34. The summed E-state index contributed by atoms with van der Waals surface area (Å²) >= 11 is 0. The normalized spacial score (nSPS) is 40.6. The molecule has 0 amide bonds. The standard InChI is InChI=1S/C11H19FO5P/c1-11(2)16-8-6(5-7(12)18(4)13)15-10(14-3)9(8)17-11/h6-10H,5H2,1-4H3/q+1/t6-,7?,8-,9-,10-/m1/s1. The summed E-state index contributed by atoms with van der Waals surface area (Å²) < 4.78 is 46.8. The lowest BCUT2D eigenvalue weighted by Crippen LogP contribution is -2.31. The number of alkyl halides is 1. The van der Waals surface area contributed by atoms with Crippen molar-refractivity contribution in [2.24, 2.45) is 0 Å². The molecule has 0 aromatic heterocycles. The molecule has 0 aromatic carbocycles. The Balaban J connectivity index is 2.06. The summed E-state index contributed by atoms with van der Waals surface area (Å²) in [6.45, 7) is 4.96. The van der Waals surface area contributed by atoms with Gasteiger partial charge in [0.05, 0.1) is 12.5 Å². The molecule has 0 N–H and O–H groups in total. The number of halogens is 1. The van der Waals surface area contributed by atoms with E-state index in [4.69, 9.17) is 18.9 Å². The molecular formula is C11H19FO5P+. The Morgan fingerprint density at radius 2 is 2.00 bits per heavy atom. The third-order valence-corrected chi connectivity index (χ3v) is 4.16. The van der Waals surface area contributed by atoms with Gasteiger partial charge in [-0.3, -0.25) is 0 Å². The Labute approximate surface area is 107 Å². The van der Waals surface area contributed by atoms with Crippen molar-refractivity contribution in [1.29, 1.82) is 0 Å². The zero-order chi connectivity index (χ0) is 13.5. The maximum absolute atomic E-state index is 13.6. The number of fused-ring (bicyclic) bond motifs is 1. The minimum atomic E-state index is -1.87. The molecule has 2 aliphatic rings. The van der Waals surface area contributed by atoms with Crippen molar-refractivity contribution in [2.45, 2.75) is 56.6 Å². The van der Waals surface area contributed by atoms with Crippen LogP contribution in [0, 0.1) is 0 Å². The van der Waals surface area contributed by atoms with Gasteiger partial charge >= 0.3 is 7.80 Å². The highest BCUT2D eigenvalue weighted by atomic mass is 31.1. The molecule has 6 atom stereocenters. The van der Waals surface area contributed by atoms with Gasteiger partial charge in [-0.1, -0.05) is 4.57 Å². The molecule has 0 bridgehead atoms. The Kier molecular flexibility index (Phi) is 4.04. The van der Waals surface area contributed by atoms with Crippen LogP contribution in [0.5, 0.6) is 0 Å². The topological polar surface area (TPSA) is 54.0 Å². The summed E-state index contributed by atoms with van der Waals surface area (Å²) in [4.78, 5) is 0. The van der Waals surface area contributed by atoms with Crippen molar-refractivity contribution >= 4 is 7.80 Å².